The number of hydrogen-bond donors (Lipinski definition) is 0. The highest BCUT2D eigenvalue weighted by atomic mass is 14.7. The maximum atomic E-state index is 2.76. The van der Waals surface area contributed by atoms with E-state index >= 15 is 0 Å². The Kier molecular flexibility index (Phi) is 9.62. The fourth-order valence-electron chi connectivity index (χ4n) is 9.72. The van der Waals surface area contributed by atoms with E-state index in [9.17, 15) is 0 Å². The topological polar surface area (TPSA) is 0 Å². The highest BCUT2D eigenvalue weighted by Gasteiger charge is 2.64. The molecule has 5 aliphatic carbocycles. The standard InChI is InChI=1S/C25H42.3C2H6/c1-5-25(14-15-25)22-9-8-21-19-10-12-23(3)16-17(2)6-7-20(23)18(19)11-13-24(21,22)4;3*1-2/h17-22H,5-16H2,1-4H3;3*1-2H3. The summed E-state index contributed by atoms with van der Waals surface area (Å²) in [6.07, 6.45) is 18.7. The zero-order valence-corrected chi connectivity index (χ0v) is 23.4. The Morgan fingerprint density at radius 2 is 1.19 bits per heavy atom. The minimum atomic E-state index is 0.700. The molecule has 0 heterocycles. The Balaban J connectivity index is 0.000000527. The molecule has 0 saturated heterocycles. The molecule has 0 spiro atoms. The maximum Gasteiger partial charge on any atom is -0.0261 e. The van der Waals surface area contributed by atoms with E-state index in [-0.39, 0.29) is 0 Å². The molecule has 5 saturated carbocycles. The molecule has 0 nitrogen and oxygen atoms in total. The molecule has 8 atom stereocenters. The van der Waals surface area contributed by atoms with Crippen molar-refractivity contribution in [1.29, 1.82) is 0 Å². The first-order chi connectivity index (χ1) is 14.9. The van der Waals surface area contributed by atoms with Crippen LogP contribution in [0.3, 0.4) is 0 Å². The van der Waals surface area contributed by atoms with Crippen LogP contribution in [0.25, 0.3) is 0 Å². The van der Waals surface area contributed by atoms with Gasteiger partial charge >= 0.3 is 0 Å². The Bertz CT molecular complexity index is 530. The van der Waals surface area contributed by atoms with Crippen LogP contribution < -0.4 is 0 Å². The van der Waals surface area contributed by atoms with Gasteiger partial charge < -0.3 is 0 Å². The van der Waals surface area contributed by atoms with Crippen LogP contribution in [0.4, 0.5) is 0 Å². The lowest BCUT2D eigenvalue weighted by Gasteiger charge is -2.60. The minimum Gasteiger partial charge on any atom is -0.0683 e. The van der Waals surface area contributed by atoms with Crippen molar-refractivity contribution >= 4 is 0 Å². The number of rotatable bonds is 2. The van der Waals surface area contributed by atoms with Crippen molar-refractivity contribution in [2.24, 2.45) is 51.8 Å². The Labute approximate surface area is 198 Å². The fourth-order valence-corrected chi connectivity index (χ4v) is 9.72. The Morgan fingerprint density at radius 3 is 1.77 bits per heavy atom. The predicted molar refractivity (Wildman–Crippen MR) is 140 cm³/mol. The smallest absolute Gasteiger partial charge is 0.0261 e. The van der Waals surface area contributed by atoms with Crippen LogP contribution >= 0.6 is 0 Å². The molecule has 0 bridgehead atoms. The molecule has 184 valence electrons. The van der Waals surface area contributed by atoms with Gasteiger partial charge in [-0.2, -0.15) is 0 Å². The van der Waals surface area contributed by atoms with Gasteiger partial charge in [0.2, 0.25) is 0 Å². The number of fused-ring (bicyclic) bond motifs is 5. The van der Waals surface area contributed by atoms with Crippen molar-refractivity contribution in [3.8, 4) is 0 Å². The highest BCUT2D eigenvalue weighted by Crippen LogP contribution is 2.72. The van der Waals surface area contributed by atoms with Gasteiger partial charge in [-0.15, -0.1) is 0 Å². The van der Waals surface area contributed by atoms with E-state index < -0.39 is 0 Å². The van der Waals surface area contributed by atoms with Crippen LogP contribution in [-0.2, 0) is 0 Å². The zero-order valence-electron chi connectivity index (χ0n) is 23.4. The highest BCUT2D eigenvalue weighted by molar-refractivity contribution is 5.13. The van der Waals surface area contributed by atoms with Gasteiger partial charge in [-0.05, 0) is 116 Å². The molecule has 8 unspecified atom stereocenters. The van der Waals surface area contributed by atoms with E-state index in [4.69, 9.17) is 0 Å². The molecule has 0 aromatic rings. The number of hydrogen-bond acceptors (Lipinski definition) is 0. The summed E-state index contributed by atoms with van der Waals surface area (Å²) in [7, 11) is 0. The van der Waals surface area contributed by atoms with E-state index in [0.717, 1.165) is 40.9 Å². The maximum absolute atomic E-state index is 2.76. The lowest BCUT2D eigenvalue weighted by atomic mass is 9.45. The van der Waals surface area contributed by atoms with Crippen LogP contribution in [0.15, 0.2) is 0 Å². The second-order valence-corrected chi connectivity index (χ2v) is 12.0. The third-order valence-corrected chi connectivity index (χ3v) is 11.1. The van der Waals surface area contributed by atoms with Crippen molar-refractivity contribution in [2.45, 2.75) is 146 Å². The van der Waals surface area contributed by atoms with Crippen LogP contribution in [0, 0.1) is 51.8 Å². The van der Waals surface area contributed by atoms with E-state index in [1.807, 2.05) is 41.5 Å². The third-order valence-electron chi connectivity index (χ3n) is 11.1. The summed E-state index contributed by atoms with van der Waals surface area (Å²) in [5, 5.41) is 0. The van der Waals surface area contributed by atoms with Crippen LogP contribution in [0.2, 0.25) is 0 Å². The van der Waals surface area contributed by atoms with Crippen LogP contribution in [-0.4, -0.2) is 0 Å². The van der Waals surface area contributed by atoms with Crippen molar-refractivity contribution in [3.63, 3.8) is 0 Å². The molecule has 0 aromatic carbocycles. The van der Waals surface area contributed by atoms with Gasteiger partial charge in [0, 0.05) is 0 Å². The second-order valence-electron chi connectivity index (χ2n) is 12.0. The van der Waals surface area contributed by atoms with Gasteiger partial charge in [-0.3, -0.25) is 0 Å². The lowest BCUT2D eigenvalue weighted by Crippen LogP contribution is -2.52. The summed E-state index contributed by atoms with van der Waals surface area (Å²) in [4.78, 5) is 0. The van der Waals surface area contributed by atoms with E-state index in [1.165, 1.54) is 19.3 Å². The van der Waals surface area contributed by atoms with Crippen LogP contribution in [0.5, 0.6) is 0 Å². The molecule has 0 aromatic heterocycles. The van der Waals surface area contributed by atoms with Crippen molar-refractivity contribution < 1.29 is 0 Å². The van der Waals surface area contributed by atoms with Gasteiger partial charge in [0.25, 0.3) is 0 Å². The average molecular weight is 433 g/mol. The molecule has 5 aliphatic rings. The second kappa shape index (κ2) is 11.0. The molecule has 0 radical (unpaired) electrons. The van der Waals surface area contributed by atoms with Gasteiger partial charge in [-0.25, -0.2) is 0 Å². The molecule has 0 aliphatic heterocycles. The average Bonchev–Trinajstić information content (AvgIpc) is 3.51. The first kappa shape index (κ1) is 27.2. The molecule has 0 heteroatoms. The van der Waals surface area contributed by atoms with Gasteiger partial charge in [0.1, 0.15) is 0 Å². The normalized spacial score (nSPS) is 46.3. The van der Waals surface area contributed by atoms with Gasteiger partial charge in [0.15, 0.2) is 0 Å². The molecular weight excluding hydrogens is 372 g/mol. The minimum absolute atomic E-state index is 0.700. The van der Waals surface area contributed by atoms with Crippen molar-refractivity contribution in [1.82, 2.24) is 0 Å². The zero-order chi connectivity index (χ0) is 23.4. The third kappa shape index (κ3) is 4.67. The SMILES string of the molecule is CC.CC.CC.CCC1(C2CCC3C4CCC5(C)CC(C)CCC5C4CCC32C)CC1. The quantitative estimate of drug-likeness (QED) is 0.407. The Hall–Kier alpha value is 0. The largest absolute Gasteiger partial charge is 0.0683 e. The predicted octanol–water partition coefficient (Wildman–Crippen LogP) is 10.6. The summed E-state index contributed by atoms with van der Waals surface area (Å²) in [5.41, 5.74) is 2.20. The van der Waals surface area contributed by atoms with Crippen molar-refractivity contribution in [3.05, 3.63) is 0 Å². The fraction of sp³-hybridized carbons (Fsp3) is 1.00. The first-order valence-electron chi connectivity index (χ1n) is 14.9. The van der Waals surface area contributed by atoms with Gasteiger partial charge in [-0.1, -0.05) is 82.1 Å². The summed E-state index contributed by atoms with van der Waals surface area (Å²) < 4.78 is 0. The van der Waals surface area contributed by atoms with E-state index in [0.29, 0.717) is 10.8 Å². The molecule has 0 amide bonds. The summed E-state index contributed by atoms with van der Waals surface area (Å²) >= 11 is 0. The van der Waals surface area contributed by atoms with E-state index in [1.54, 1.807) is 57.8 Å². The van der Waals surface area contributed by atoms with Crippen LogP contribution in [0.1, 0.15) is 146 Å². The summed E-state index contributed by atoms with van der Waals surface area (Å²) in [5.74, 6) is 6.43. The Morgan fingerprint density at radius 1 is 0.645 bits per heavy atom. The molecular formula is C31H60. The van der Waals surface area contributed by atoms with Gasteiger partial charge in [0.05, 0.1) is 0 Å². The first-order valence-corrected chi connectivity index (χ1v) is 14.9. The summed E-state index contributed by atoms with van der Waals surface area (Å²) in [6.45, 7) is 22.5. The molecule has 5 rings (SSSR count). The molecule has 31 heavy (non-hydrogen) atoms. The van der Waals surface area contributed by atoms with Crippen molar-refractivity contribution in [2.75, 3.05) is 0 Å². The molecule has 5 fully saturated rings. The monoisotopic (exact) mass is 432 g/mol. The summed E-state index contributed by atoms with van der Waals surface area (Å²) in [6, 6.07) is 0. The lowest BCUT2D eigenvalue weighted by molar-refractivity contribution is -0.108. The molecule has 0 N–H and O–H groups in total. The van der Waals surface area contributed by atoms with E-state index in [2.05, 4.69) is 27.7 Å².